The highest BCUT2D eigenvalue weighted by atomic mass is 19.1. The van der Waals surface area contributed by atoms with Crippen LogP contribution in [0.4, 0.5) is 8.78 Å². The van der Waals surface area contributed by atoms with Crippen molar-refractivity contribution in [2.45, 2.75) is 52.5 Å². The fourth-order valence-corrected chi connectivity index (χ4v) is 3.55. The predicted molar refractivity (Wildman–Crippen MR) is 81.3 cm³/mol. The summed E-state index contributed by atoms with van der Waals surface area (Å²) in [4.78, 5) is 0. The lowest BCUT2D eigenvalue weighted by Gasteiger charge is -2.39. The van der Waals surface area contributed by atoms with E-state index >= 15 is 0 Å². The van der Waals surface area contributed by atoms with Crippen LogP contribution in [0.2, 0.25) is 0 Å². The van der Waals surface area contributed by atoms with Crippen molar-refractivity contribution in [3.05, 3.63) is 35.4 Å². The summed E-state index contributed by atoms with van der Waals surface area (Å²) in [5, 5.41) is 0. The molecule has 1 atom stereocenters. The molecule has 21 heavy (non-hydrogen) atoms. The van der Waals surface area contributed by atoms with Gasteiger partial charge >= 0.3 is 0 Å². The van der Waals surface area contributed by atoms with Crippen molar-refractivity contribution in [1.29, 1.82) is 0 Å². The number of rotatable bonds is 3. The maximum absolute atomic E-state index is 14.0. The molecule has 2 rings (SSSR count). The van der Waals surface area contributed by atoms with Crippen LogP contribution in [-0.4, -0.2) is 0 Å². The van der Waals surface area contributed by atoms with Gasteiger partial charge in [0.05, 0.1) is 6.04 Å². The second-order valence-corrected chi connectivity index (χ2v) is 7.29. The molecule has 4 heteroatoms. The lowest BCUT2D eigenvalue weighted by atomic mass is 9.68. The largest absolute Gasteiger partial charge is 0.271 e. The van der Waals surface area contributed by atoms with Crippen LogP contribution in [0.15, 0.2) is 18.2 Å². The number of hydrogen-bond donors (Lipinski definition) is 2. The molecule has 1 saturated carbocycles. The normalized spacial score (nSPS) is 24.9. The van der Waals surface area contributed by atoms with E-state index in [1.165, 1.54) is 12.1 Å². The average Bonchev–Trinajstić information content (AvgIpc) is 2.43. The van der Waals surface area contributed by atoms with Gasteiger partial charge in [-0.05, 0) is 61.1 Å². The fourth-order valence-electron chi connectivity index (χ4n) is 3.55. The third-order valence-electron chi connectivity index (χ3n) is 4.94. The Morgan fingerprint density at radius 3 is 2.29 bits per heavy atom. The summed E-state index contributed by atoms with van der Waals surface area (Å²) < 4.78 is 27.4. The lowest BCUT2D eigenvalue weighted by molar-refractivity contribution is 0.132. The molecule has 0 saturated heterocycles. The maximum Gasteiger partial charge on any atom is 0.128 e. The Bertz CT molecular complexity index is 474. The predicted octanol–water partition coefficient (Wildman–Crippen LogP) is 4.32. The number of nitrogens with two attached hydrogens (primary N) is 1. The maximum atomic E-state index is 14.0. The molecule has 3 N–H and O–H groups in total. The molecule has 0 spiro atoms. The average molecular weight is 296 g/mol. The molecule has 1 aliphatic carbocycles. The van der Waals surface area contributed by atoms with Gasteiger partial charge < -0.3 is 0 Å². The van der Waals surface area contributed by atoms with Crippen molar-refractivity contribution >= 4 is 0 Å². The van der Waals surface area contributed by atoms with Gasteiger partial charge in [0.1, 0.15) is 11.6 Å². The SMILES string of the molecule is CC(C)(C)C1CCC(C(NN)c2cc(F)ccc2F)CC1. The zero-order valence-electron chi connectivity index (χ0n) is 13.1. The number of halogens is 2. The minimum atomic E-state index is -0.421. The zero-order chi connectivity index (χ0) is 15.6. The Labute approximate surface area is 126 Å². The van der Waals surface area contributed by atoms with Gasteiger partial charge in [-0.15, -0.1) is 0 Å². The van der Waals surface area contributed by atoms with Crippen molar-refractivity contribution in [2.75, 3.05) is 0 Å². The highest BCUT2D eigenvalue weighted by molar-refractivity contribution is 5.23. The van der Waals surface area contributed by atoms with Crippen molar-refractivity contribution in [3.63, 3.8) is 0 Å². The zero-order valence-corrected chi connectivity index (χ0v) is 13.1. The Hall–Kier alpha value is -1.00. The molecule has 1 unspecified atom stereocenters. The first kappa shape index (κ1) is 16.4. The minimum Gasteiger partial charge on any atom is -0.271 e. The van der Waals surface area contributed by atoms with E-state index < -0.39 is 11.6 Å². The summed E-state index contributed by atoms with van der Waals surface area (Å²) in [6.07, 6.45) is 4.21. The highest BCUT2D eigenvalue weighted by Crippen LogP contribution is 2.43. The van der Waals surface area contributed by atoms with E-state index in [4.69, 9.17) is 5.84 Å². The van der Waals surface area contributed by atoms with E-state index in [-0.39, 0.29) is 12.0 Å². The van der Waals surface area contributed by atoms with E-state index in [2.05, 4.69) is 26.2 Å². The van der Waals surface area contributed by atoms with E-state index in [0.29, 0.717) is 16.9 Å². The van der Waals surface area contributed by atoms with Crippen molar-refractivity contribution in [1.82, 2.24) is 5.43 Å². The summed E-state index contributed by atoms with van der Waals surface area (Å²) >= 11 is 0. The molecule has 0 aromatic heterocycles. The Balaban J connectivity index is 2.11. The number of hydrazine groups is 1. The van der Waals surface area contributed by atoms with Crippen LogP contribution >= 0.6 is 0 Å². The Morgan fingerprint density at radius 2 is 1.76 bits per heavy atom. The second kappa shape index (κ2) is 6.41. The van der Waals surface area contributed by atoms with E-state index in [9.17, 15) is 8.78 Å². The Kier molecular flexibility index (Phi) is 4.99. The number of benzene rings is 1. The first-order chi connectivity index (χ1) is 9.82. The molecule has 1 aromatic carbocycles. The molecule has 1 aromatic rings. The summed E-state index contributed by atoms with van der Waals surface area (Å²) in [5.74, 6) is 5.76. The molecule has 0 radical (unpaired) electrons. The molecule has 0 aliphatic heterocycles. The van der Waals surface area contributed by atoms with Gasteiger partial charge in [0.25, 0.3) is 0 Å². The third kappa shape index (κ3) is 3.80. The van der Waals surface area contributed by atoms with Crippen LogP contribution in [0.3, 0.4) is 0 Å². The van der Waals surface area contributed by atoms with Crippen LogP contribution in [0, 0.1) is 28.9 Å². The molecule has 118 valence electrons. The van der Waals surface area contributed by atoms with E-state index in [1.54, 1.807) is 0 Å². The van der Waals surface area contributed by atoms with Crippen LogP contribution in [-0.2, 0) is 0 Å². The van der Waals surface area contributed by atoms with Crippen molar-refractivity contribution in [3.8, 4) is 0 Å². The van der Waals surface area contributed by atoms with Crippen LogP contribution in [0.25, 0.3) is 0 Å². The van der Waals surface area contributed by atoms with Gasteiger partial charge in [0.15, 0.2) is 0 Å². The van der Waals surface area contributed by atoms with E-state index in [0.717, 1.165) is 31.7 Å². The molecule has 0 heterocycles. The summed E-state index contributed by atoms with van der Waals surface area (Å²) in [5.41, 5.74) is 3.35. The topological polar surface area (TPSA) is 38.0 Å². The highest BCUT2D eigenvalue weighted by Gasteiger charge is 2.34. The van der Waals surface area contributed by atoms with Crippen LogP contribution in [0.1, 0.15) is 58.1 Å². The molecular formula is C17H26F2N2. The molecule has 0 amide bonds. The van der Waals surface area contributed by atoms with Gasteiger partial charge in [-0.3, -0.25) is 11.3 Å². The van der Waals surface area contributed by atoms with Gasteiger partial charge in [0.2, 0.25) is 0 Å². The van der Waals surface area contributed by atoms with Gasteiger partial charge in [-0.1, -0.05) is 20.8 Å². The fraction of sp³-hybridized carbons (Fsp3) is 0.647. The van der Waals surface area contributed by atoms with Crippen molar-refractivity contribution in [2.24, 2.45) is 23.1 Å². The molecular weight excluding hydrogens is 270 g/mol. The van der Waals surface area contributed by atoms with Crippen LogP contribution in [0.5, 0.6) is 0 Å². The smallest absolute Gasteiger partial charge is 0.128 e. The summed E-state index contributed by atoms with van der Waals surface area (Å²) in [7, 11) is 0. The third-order valence-corrected chi connectivity index (χ3v) is 4.94. The number of hydrogen-bond acceptors (Lipinski definition) is 2. The molecule has 1 aliphatic rings. The first-order valence-corrected chi connectivity index (χ1v) is 7.74. The molecule has 1 fully saturated rings. The summed E-state index contributed by atoms with van der Waals surface area (Å²) in [6.45, 7) is 6.80. The lowest BCUT2D eigenvalue weighted by Crippen LogP contribution is -2.37. The summed E-state index contributed by atoms with van der Waals surface area (Å²) in [6, 6.07) is 3.26. The monoisotopic (exact) mass is 296 g/mol. The molecule has 2 nitrogen and oxygen atoms in total. The standard InChI is InChI=1S/C17H26F2N2/c1-17(2,3)12-6-4-11(5-7-12)16(21-20)14-10-13(18)8-9-15(14)19/h8-12,16,21H,4-7,20H2,1-3H3. The quantitative estimate of drug-likeness (QED) is 0.644. The van der Waals surface area contributed by atoms with Crippen LogP contribution < -0.4 is 11.3 Å². The van der Waals surface area contributed by atoms with Gasteiger partial charge in [-0.2, -0.15) is 0 Å². The number of nitrogens with one attached hydrogen (secondary N) is 1. The van der Waals surface area contributed by atoms with Crippen molar-refractivity contribution < 1.29 is 8.78 Å². The van der Waals surface area contributed by atoms with Gasteiger partial charge in [0, 0.05) is 5.56 Å². The Morgan fingerprint density at radius 1 is 1.14 bits per heavy atom. The molecule has 0 bridgehead atoms. The first-order valence-electron chi connectivity index (χ1n) is 7.74. The minimum absolute atomic E-state index is 0.255. The van der Waals surface area contributed by atoms with E-state index in [1.807, 2.05) is 0 Å². The second-order valence-electron chi connectivity index (χ2n) is 7.29. The van der Waals surface area contributed by atoms with Gasteiger partial charge in [-0.25, -0.2) is 8.78 Å².